The first-order valence-electron chi connectivity index (χ1n) is 8.50. The highest BCUT2D eigenvalue weighted by atomic mass is 32.1. The zero-order valence-electron chi connectivity index (χ0n) is 14.8. The van der Waals surface area contributed by atoms with Crippen LogP contribution >= 0.6 is 11.3 Å². The quantitative estimate of drug-likeness (QED) is 0.696. The van der Waals surface area contributed by atoms with Gasteiger partial charge in [0.25, 0.3) is 5.91 Å². The van der Waals surface area contributed by atoms with Gasteiger partial charge in [-0.15, -0.1) is 11.3 Å². The lowest BCUT2D eigenvalue weighted by Gasteiger charge is -2.10. The number of amides is 3. The Morgan fingerprint density at radius 1 is 1.25 bits per heavy atom. The van der Waals surface area contributed by atoms with Crippen LogP contribution in [0.2, 0.25) is 0 Å². The molecule has 0 spiro atoms. The van der Waals surface area contributed by atoms with E-state index in [1.165, 1.54) is 11.3 Å². The molecular formula is C18H17N5O4S. The fourth-order valence-corrected chi connectivity index (χ4v) is 3.38. The summed E-state index contributed by atoms with van der Waals surface area (Å²) in [5.74, 6) is -0.484. The minimum absolute atomic E-state index is 0.0186. The third-order valence-electron chi connectivity index (χ3n) is 3.88. The Labute approximate surface area is 164 Å². The number of rotatable bonds is 6. The Morgan fingerprint density at radius 3 is 2.68 bits per heavy atom. The smallest absolute Gasteiger partial charge is 0.276 e. The Balaban J connectivity index is 1.40. The molecule has 0 atom stereocenters. The number of hydrogen-bond donors (Lipinski definition) is 2. The SMILES string of the molecule is N#Cc1ccc(OCC(=O)NNC(=O)Cc2csc(N3CCCC3=O)n2)cc1. The van der Waals surface area contributed by atoms with E-state index in [1.807, 2.05) is 6.07 Å². The molecular weight excluding hydrogens is 382 g/mol. The molecule has 1 aliphatic rings. The predicted octanol–water partition coefficient (Wildman–Crippen LogP) is 0.910. The Bertz CT molecular complexity index is 919. The molecule has 0 bridgehead atoms. The standard InChI is InChI=1S/C18H17N5O4S/c19-9-12-3-5-14(6-4-12)27-10-16(25)22-21-15(24)8-13-11-28-18(20-13)23-7-1-2-17(23)26/h3-6,11H,1-2,7-8,10H2,(H,21,24)(H,22,25). The van der Waals surface area contributed by atoms with Crippen molar-refractivity contribution in [3.05, 3.63) is 40.9 Å². The Hall–Kier alpha value is -3.45. The summed E-state index contributed by atoms with van der Waals surface area (Å²) >= 11 is 1.31. The van der Waals surface area contributed by atoms with Gasteiger partial charge in [-0.25, -0.2) is 4.98 Å². The maximum atomic E-state index is 11.9. The van der Waals surface area contributed by atoms with Gasteiger partial charge in [0.05, 0.1) is 23.7 Å². The van der Waals surface area contributed by atoms with Gasteiger partial charge < -0.3 is 4.74 Å². The molecule has 28 heavy (non-hydrogen) atoms. The van der Waals surface area contributed by atoms with Crippen molar-refractivity contribution in [2.24, 2.45) is 0 Å². The lowest BCUT2D eigenvalue weighted by atomic mass is 10.2. The van der Waals surface area contributed by atoms with E-state index in [4.69, 9.17) is 10.00 Å². The Morgan fingerprint density at radius 2 is 2.00 bits per heavy atom. The third kappa shape index (κ3) is 5.05. The van der Waals surface area contributed by atoms with E-state index in [9.17, 15) is 14.4 Å². The summed E-state index contributed by atoms with van der Waals surface area (Å²) < 4.78 is 5.27. The predicted molar refractivity (Wildman–Crippen MR) is 100 cm³/mol. The molecule has 0 unspecified atom stereocenters. The highest BCUT2D eigenvalue weighted by Gasteiger charge is 2.24. The maximum absolute atomic E-state index is 11.9. The van der Waals surface area contributed by atoms with Crippen LogP contribution in [-0.4, -0.2) is 35.9 Å². The summed E-state index contributed by atoms with van der Waals surface area (Å²) in [6.07, 6.45) is 1.31. The van der Waals surface area contributed by atoms with Crippen molar-refractivity contribution in [3.63, 3.8) is 0 Å². The van der Waals surface area contributed by atoms with Crippen molar-refractivity contribution in [3.8, 4) is 11.8 Å². The molecule has 0 saturated carbocycles. The van der Waals surface area contributed by atoms with Crippen LogP contribution in [0.25, 0.3) is 0 Å². The lowest BCUT2D eigenvalue weighted by Crippen LogP contribution is -2.44. The molecule has 2 N–H and O–H groups in total. The second-order valence-electron chi connectivity index (χ2n) is 5.97. The molecule has 144 valence electrons. The van der Waals surface area contributed by atoms with E-state index < -0.39 is 11.8 Å². The summed E-state index contributed by atoms with van der Waals surface area (Å²) in [4.78, 5) is 41.3. The van der Waals surface area contributed by atoms with Crippen LogP contribution in [0.5, 0.6) is 5.75 Å². The van der Waals surface area contributed by atoms with Gasteiger partial charge in [-0.3, -0.25) is 30.1 Å². The number of nitriles is 1. The second-order valence-corrected chi connectivity index (χ2v) is 6.80. The van der Waals surface area contributed by atoms with Crippen molar-refractivity contribution >= 4 is 34.2 Å². The van der Waals surface area contributed by atoms with Crippen LogP contribution in [0.1, 0.15) is 24.1 Å². The molecule has 1 aromatic heterocycles. The number of carbonyl (C=O) groups is 3. The average molecular weight is 399 g/mol. The summed E-state index contributed by atoms with van der Waals surface area (Å²) in [6, 6.07) is 8.30. The summed E-state index contributed by atoms with van der Waals surface area (Å²) in [5.41, 5.74) is 5.57. The van der Waals surface area contributed by atoms with Crippen molar-refractivity contribution in [2.45, 2.75) is 19.3 Å². The number of hydrazine groups is 1. The fraction of sp³-hybridized carbons (Fsp3) is 0.278. The first-order valence-corrected chi connectivity index (χ1v) is 9.38. The van der Waals surface area contributed by atoms with E-state index in [2.05, 4.69) is 15.8 Å². The molecule has 3 rings (SSSR count). The number of aromatic nitrogens is 1. The molecule has 1 aliphatic heterocycles. The highest BCUT2D eigenvalue weighted by molar-refractivity contribution is 7.14. The van der Waals surface area contributed by atoms with Gasteiger partial charge >= 0.3 is 0 Å². The lowest BCUT2D eigenvalue weighted by molar-refractivity contribution is -0.129. The fourth-order valence-electron chi connectivity index (χ4n) is 2.51. The number of anilines is 1. The minimum atomic E-state index is -0.528. The van der Waals surface area contributed by atoms with Gasteiger partial charge in [0.2, 0.25) is 11.8 Å². The van der Waals surface area contributed by atoms with Crippen LogP contribution in [0.3, 0.4) is 0 Å². The number of nitrogens with one attached hydrogen (secondary N) is 2. The van der Waals surface area contributed by atoms with Crippen LogP contribution in [0, 0.1) is 11.3 Å². The van der Waals surface area contributed by atoms with Gasteiger partial charge in [0.1, 0.15) is 5.75 Å². The molecule has 3 amide bonds. The van der Waals surface area contributed by atoms with Gasteiger partial charge in [-0.2, -0.15) is 5.26 Å². The average Bonchev–Trinajstić information content (AvgIpc) is 3.33. The van der Waals surface area contributed by atoms with E-state index >= 15 is 0 Å². The summed E-state index contributed by atoms with van der Waals surface area (Å²) in [7, 11) is 0. The first-order chi connectivity index (χ1) is 13.5. The molecule has 0 aliphatic carbocycles. The normalized spacial score (nSPS) is 13.1. The van der Waals surface area contributed by atoms with Crippen LogP contribution in [0.15, 0.2) is 29.6 Å². The zero-order chi connectivity index (χ0) is 19.9. The van der Waals surface area contributed by atoms with Gasteiger partial charge in [0.15, 0.2) is 11.7 Å². The number of hydrogen-bond acceptors (Lipinski definition) is 7. The molecule has 1 fully saturated rings. The molecule has 10 heteroatoms. The molecule has 1 saturated heterocycles. The largest absolute Gasteiger partial charge is 0.484 e. The van der Waals surface area contributed by atoms with Crippen molar-refractivity contribution in [2.75, 3.05) is 18.1 Å². The minimum Gasteiger partial charge on any atom is -0.484 e. The Kier molecular flexibility index (Phi) is 6.18. The topological polar surface area (TPSA) is 124 Å². The van der Waals surface area contributed by atoms with E-state index in [0.717, 1.165) is 6.42 Å². The van der Waals surface area contributed by atoms with Gasteiger partial charge in [-0.05, 0) is 30.7 Å². The van der Waals surface area contributed by atoms with E-state index in [1.54, 1.807) is 34.5 Å². The van der Waals surface area contributed by atoms with Crippen LogP contribution in [-0.2, 0) is 20.8 Å². The first kappa shape index (κ1) is 19.3. The zero-order valence-corrected chi connectivity index (χ0v) is 15.6. The van der Waals surface area contributed by atoms with Gasteiger partial charge in [-0.1, -0.05) is 0 Å². The van der Waals surface area contributed by atoms with E-state index in [-0.39, 0.29) is 18.9 Å². The van der Waals surface area contributed by atoms with Crippen LogP contribution in [0.4, 0.5) is 5.13 Å². The third-order valence-corrected chi connectivity index (χ3v) is 4.79. The van der Waals surface area contributed by atoms with Crippen molar-refractivity contribution in [1.82, 2.24) is 15.8 Å². The highest BCUT2D eigenvalue weighted by Crippen LogP contribution is 2.25. The molecule has 0 radical (unpaired) electrons. The number of thiazole rings is 1. The molecule has 2 heterocycles. The summed E-state index contributed by atoms with van der Waals surface area (Å²) in [5, 5.41) is 11.0. The number of nitrogens with zero attached hydrogens (tertiary/aromatic N) is 3. The van der Waals surface area contributed by atoms with Crippen molar-refractivity contribution < 1.29 is 19.1 Å². The monoisotopic (exact) mass is 399 g/mol. The molecule has 1 aromatic carbocycles. The van der Waals surface area contributed by atoms with Crippen molar-refractivity contribution in [1.29, 1.82) is 5.26 Å². The van der Waals surface area contributed by atoms with Crippen LogP contribution < -0.4 is 20.5 Å². The van der Waals surface area contributed by atoms with Gasteiger partial charge in [0, 0.05) is 18.3 Å². The van der Waals surface area contributed by atoms with E-state index in [0.29, 0.717) is 35.1 Å². The number of ether oxygens (including phenoxy) is 1. The number of carbonyl (C=O) groups excluding carboxylic acids is 3. The molecule has 2 aromatic rings. The second kappa shape index (κ2) is 8.96. The number of benzene rings is 1. The molecule has 9 nitrogen and oxygen atoms in total. The summed E-state index contributed by atoms with van der Waals surface area (Å²) in [6.45, 7) is 0.359. The maximum Gasteiger partial charge on any atom is 0.276 e.